The number of aromatic nitrogens is 2. The number of hydrogen-bond donors (Lipinski definition) is 1. The summed E-state index contributed by atoms with van der Waals surface area (Å²) in [5, 5.41) is 10.2. The molecule has 0 saturated heterocycles. The molecule has 116 valence electrons. The van der Waals surface area contributed by atoms with Gasteiger partial charge in [0.25, 0.3) is 0 Å². The van der Waals surface area contributed by atoms with Gasteiger partial charge in [0.15, 0.2) is 0 Å². The first-order valence-corrected chi connectivity index (χ1v) is 7.06. The van der Waals surface area contributed by atoms with Crippen molar-refractivity contribution >= 4 is 17.9 Å². The van der Waals surface area contributed by atoms with Crippen molar-refractivity contribution in [3.63, 3.8) is 0 Å². The molecule has 1 aromatic rings. The predicted molar refractivity (Wildman–Crippen MR) is 73.6 cm³/mol. The van der Waals surface area contributed by atoms with E-state index in [0.717, 1.165) is 12.8 Å². The highest BCUT2D eigenvalue weighted by Gasteiger charge is 2.29. The normalized spacial score (nSPS) is 14.2. The van der Waals surface area contributed by atoms with E-state index in [1.165, 1.54) is 0 Å². The standard InChI is InChI=1S/C13H20N4O4/c1-3-20-11(19)6-7-17(2)8-10(18)14-13-16-15-12(21-13)9-4-5-9/h9H,3-8H2,1-2H3,(H,14,16,18). The molecule has 1 fully saturated rings. The molecule has 8 nitrogen and oxygen atoms in total. The van der Waals surface area contributed by atoms with Crippen molar-refractivity contribution in [2.24, 2.45) is 0 Å². The predicted octanol–water partition coefficient (Wildman–Crippen LogP) is 0.770. The van der Waals surface area contributed by atoms with E-state index in [9.17, 15) is 9.59 Å². The lowest BCUT2D eigenvalue weighted by Gasteiger charge is -2.14. The van der Waals surface area contributed by atoms with Crippen LogP contribution in [0.15, 0.2) is 4.42 Å². The van der Waals surface area contributed by atoms with Crippen LogP contribution in [0.25, 0.3) is 0 Å². The molecule has 1 aliphatic rings. The number of anilines is 1. The number of rotatable bonds is 8. The molecule has 1 N–H and O–H groups in total. The number of ether oxygens (including phenoxy) is 1. The molecule has 0 bridgehead atoms. The van der Waals surface area contributed by atoms with Crippen LogP contribution in [0.2, 0.25) is 0 Å². The molecule has 0 atom stereocenters. The Labute approximate surface area is 122 Å². The average molecular weight is 296 g/mol. The highest BCUT2D eigenvalue weighted by Crippen LogP contribution is 2.39. The number of amides is 1. The maximum absolute atomic E-state index is 11.8. The van der Waals surface area contributed by atoms with Crippen molar-refractivity contribution in [3.05, 3.63) is 5.89 Å². The first kappa shape index (κ1) is 15.4. The summed E-state index contributed by atoms with van der Waals surface area (Å²) >= 11 is 0. The first-order valence-electron chi connectivity index (χ1n) is 7.06. The van der Waals surface area contributed by atoms with E-state index in [0.29, 0.717) is 25.0 Å². The SMILES string of the molecule is CCOC(=O)CCN(C)CC(=O)Nc1nnc(C2CC2)o1. The number of carbonyl (C=O) groups is 2. The smallest absolute Gasteiger partial charge is 0.322 e. The van der Waals surface area contributed by atoms with Gasteiger partial charge in [0, 0.05) is 12.5 Å². The minimum Gasteiger partial charge on any atom is -0.466 e. The van der Waals surface area contributed by atoms with E-state index in [1.807, 2.05) is 0 Å². The lowest BCUT2D eigenvalue weighted by Crippen LogP contribution is -2.32. The van der Waals surface area contributed by atoms with Gasteiger partial charge in [-0.15, -0.1) is 5.10 Å². The summed E-state index contributed by atoms with van der Waals surface area (Å²) in [4.78, 5) is 24.7. The Hall–Kier alpha value is -1.96. The molecule has 1 saturated carbocycles. The van der Waals surface area contributed by atoms with E-state index >= 15 is 0 Å². The second-order valence-electron chi connectivity index (χ2n) is 5.06. The molecule has 0 radical (unpaired) electrons. The van der Waals surface area contributed by atoms with Gasteiger partial charge in [0.2, 0.25) is 11.8 Å². The molecular weight excluding hydrogens is 276 g/mol. The second-order valence-corrected chi connectivity index (χ2v) is 5.06. The quantitative estimate of drug-likeness (QED) is 0.707. The zero-order chi connectivity index (χ0) is 15.2. The minimum atomic E-state index is -0.268. The van der Waals surface area contributed by atoms with E-state index in [2.05, 4.69) is 15.5 Å². The van der Waals surface area contributed by atoms with Crippen molar-refractivity contribution < 1.29 is 18.7 Å². The molecule has 0 aliphatic heterocycles. The number of hydrogen-bond acceptors (Lipinski definition) is 7. The molecule has 0 unspecified atom stereocenters. The first-order chi connectivity index (χ1) is 10.1. The van der Waals surface area contributed by atoms with Gasteiger partial charge in [-0.05, 0) is 26.8 Å². The molecule has 1 heterocycles. The molecule has 0 spiro atoms. The number of nitrogens with zero attached hydrogens (tertiary/aromatic N) is 3. The Bertz CT molecular complexity index is 498. The highest BCUT2D eigenvalue weighted by molar-refractivity contribution is 5.90. The number of esters is 1. The van der Waals surface area contributed by atoms with Gasteiger partial charge < -0.3 is 9.15 Å². The fraction of sp³-hybridized carbons (Fsp3) is 0.692. The fourth-order valence-corrected chi connectivity index (χ4v) is 1.78. The summed E-state index contributed by atoms with van der Waals surface area (Å²) < 4.78 is 10.2. The minimum absolute atomic E-state index is 0.126. The van der Waals surface area contributed by atoms with Crippen LogP contribution in [-0.4, -0.2) is 53.7 Å². The molecule has 1 amide bonds. The van der Waals surface area contributed by atoms with Crippen molar-refractivity contribution in [1.29, 1.82) is 0 Å². The third-order valence-corrected chi connectivity index (χ3v) is 3.03. The molecule has 1 aromatic heterocycles. The molecule has 1 aliphatic carbocycles. The number of carbonyl (C=O) groups excluding carboxylic acids is 2. The Kier molecular flexibility index (Phi) is 5.26. The van der Waals surface area contributed by atoms with Gasteiger partial charge in [-0.2, -0.15) is 0 Å². The van der Waals surface area contributed by atoms with Crippen LogP contribution < -0.4 is 5.32 Å². The van der Waals surface area contributed by atoms with Crippen molar-refractivity contribution in [2.45, 2.75) is 32.1 Å². The zero-order valence-electron chi connectivity index (χ0n) is 12.3. The average Bonchev–Trinajstić information content (AvgIpc) is 3.18. The maximum atomic E-state index is 11.8. The Morgan fingerprint density at radius 2 is 2.19 bits per heavy atom. The Morgan fingerprint density at radius 1 is 1.43 bits per heavy atom. The summed E-state index contributed by atoms with van der Waals surface area (Å²) in [5.41, 5.74) is 0. The van der Waals surface area contributed by atoms with Gasteiger partial charge in [-0.1, -0.05) is 5.10 Å². The zero-order valence-corrected chi connectivity index (χ0v) is 12.3. The van der Waals surface area contributed by atoms with E-state index < -0.39 is 0 Å². The topological polar surface area (TPSA) is 97.6 Å². The van der Waals surface area contributed by atoms with Gasteiger partial charge >= 0.3 is 12.0 Å². The summed E-state index contributed by atoms with van der Waals surface area (Å²) in [6.07, 6.45) is 2.38. The van der Waals surface area contributed by atoms with E-state index in [4.69, 9.17) is 9.15 Å². The van der Waals surface area contributed by atoms with Crippen LogP contribution in [0.3, 0.4) is 0 Å². The van der Waals surface area contributed by atoms with Crippen LogP contribution in [-0.2, 0) is 14.3 Å². The molecule has 8 heteroatoms. The van der Waals surface area contributed by atoms with Crippen molar-refractivity contribution in [2.75, 3.05) is 32.1 Å². The molecule has 2 rings (SSSR count). The molecule has 0 aromatic carbocycles. The van der Waals surface area contributed by atoms with Crippen LogP contribution in [0.5, 0.6) is 0 Å². The van der Waals surface area contributed by atoms with Crippen LogP contribution >= 0.6 is 0 Å². The lowest BCUT2D eigenvalue weighted by molar-refractivity contribution is -0.143. The monoisotopic (exact) mass is 296 g/mol. The van der Waals surface area contributed by atoms with Gasteiger partial charge in [0.1, 0.15) is 0 Å². The highest BCUT2D eigenvalue weighted by atomic mass is 16.5. The summed E-state index contributed by atoms with van der Waals surface area (Å²) in [6, 6.07) is 0.126. The number of nitrogens with one attached hydrogen (secondary N) is 1. The summed E-state index contributed by atoms with van der Waals surface area (Å²) in [5.74, 6) is 0.416. The second kappa shape index (κ2) is 7.16. The molecule has 21 heavy (non-hydrogen) atoms. The number of likely N-dealkylation sites (N-methyl/N-ethyl adjacent to an activating group) is 1. The van der Waals surface area contributed by atoms with Crippen LogP contribution in [0.1, 0.15) is 38.0 Å². The summed E-state index contributed by atoms with van der Waals surface area (Å²) in [7, 11) is 1.75. The van der Waals surface area contributed by atoms with E-state index in [1.54, 1.807) is 18.9 Å². The third-order valence-electron chi connectivity index (χ3n) is 3.03. The largest absolute Gasteiger partial charge is 0.466 e. The van der Waals surface area contributed by atoms with Gasteiger partial charge in [-0.3, -0.25) is 19.8 Å². The van der Waals surface area contributed by atoms with Crippen LogP contribution in [0, 0.1) is 0 Å². The Morgan fingerprint density at radius 3 is 2.86 bits per heavy atom. The van der Waals surface area contributed by atoms with Gasteiger partial charge in [-0.25, -0.2) is 0 Å². The molecular formula is C13H20N4O4. The van der Waals surface area contributed by atoms with Crippen molar-refractivity contribution in [1.82, 2.24) is 15.1 Å². The van der Waals surface area contributed by atoms with E-state index in [-0.39, 0.29) is 30.9 Å². The van der Waals surface area contributed by atoms with Crippen LogP contribution in [0.4, 0.5) is 6.01 Å². The third kappa shape index (κ3) is 5.14. The fourth-order valence-electron chi connectivity index (χ4n) is 1.78. The lowest BCUT2D eigenvalue weighted by atomic mass is 10.4. The Balaban J connectivity index is 1.69. The summed E-state index contributed by atoms with van der Waals surface area (Å²) in [6.45, 7) is 2.71. The van der Waals surface area contributed by atoms with Gasteiger partial charge in [0.05, 0.1) is 19.6 Å². The van der Waals surface area contributed by atoms with Crippen molar-refractivity contribution in [3.8, 4) is 0 Å². The maximum Gasteiger partial charge on any atom is 0.322 e.